The molecule has 0 spiro atoms. The van der Waals surface area contributed by atoms with Crippen LogP contribution in [0.25, 0.3) is 0 Å². The number of nitrogens with zero attached hydrogens (tertiary/aromatic N) is 3. The molecular formula is C16H23N3O5S. The van der Waals surface area contributed by atoms with Gasteiger partial charge in [0.05, 0.1) is 11.3 Å². The highest BCUT2D eigenvalue weighted by atomic mass is 32.2. The van der Waals surface area contributed by atoms with Gasteiger partial charge in [0.1, 0.15) is 6.54 Å². The SMILES string of the molecule is CCS(=O)(=O)N1CCC(N(CC(=O)O)C(=O)c2cncc(C)c2)CC1. The highest BCUT2D eigenvalue weighted by molar-refractivity contribution is 7.89. The third-order valence-electron chi connectivity index (χ3n) is 4.31. The molecule has 1 aliphatic rings. The Morgan fingerprint density at radius 3 is 2.48 bits per heavy atom. The molecule has 2 rings (SSSR count). The van der Waals surface area contributed by atoms with Crippen molar-refractivity contribution in [2.24, 2.45) is 0 Å². The number of rotatable bonds is 6. The Bertz CT molecular complexity index is 742. The van der Waals surface area contributed by atoms with E-state index >= 15 is 0 Å². The van der Waals surface area contributed by atoms with E-state index in [4.69, 9.17) is 5.11 Å². The van der Waals surface area contributed by atoms with Gasteiger partial charge in [-0.05, 0) is 38.3 Å². The molecule has 25 heavy (non-hydrogen) atoms. The highest BCUT2D eigenvalue weighted by Gasteiger charge is 2.33. The molecule has 0 aliphatic carbocycles. The zero-order chi connectivity index (χ0) is 18.6. The predicted octanol–water partition coefficient (Wildman–Crippen LogP) is 0.731. The lowest BCUT2D eigenvalue weighted by Crippen LogP contribution is -2.50. The number of piperidine rings is 1. The highest BCUT2D eigenvalue weighted by Crippen LogP contribution is 2.21. The lowest BCUT2D eigenvalue weighted by molar-refractivity contribution is -0.138. The molecule has 1 amide bonds. The quantitative estimate of drug-likeness (QED) is 0.792. The van der Waals surface area contributed by atoms with Crippen molar-refractivity contribution in [3.63, 3.8) is 0 Å². The van der Waals surface area contributed by atoms with E-state index in [0.29, 0.717) is 18.4 Å². The van der Waals surface area contributed by atoms with Crippen LogP contribution in [0.1, 0.15) is 35.7 Å². The first-order valence-electron chi connectivity index (χ1n) is 8.17. The monoisotopic (exact) mass is 369 g/mol. The molecule has 1 saturated heterocycles. The Labute approximate surface area is 147 Å². The molecule has 0 aromatic carbocycles. The van der Waals surface area contributed by atoms with E-state index < -0.39 is 28.4 Å². The van der Waals surface area contributed by atoms with Crippen LogP contribution in [-0.2, 0) is 14.8 Å². The fourth-order valence-corrected chi connectivity index (χ4v) is 4.10. The van der Waals surface area contributed by atoms with E-state index in [-0.39, 0.29) is 24.9 Å². The molecule has 1 aromatic heterocycles. The molecule has 0 unspecified atom stereocenters. The number of amides is 1. The maximum atomic E-state index is 12.8. The maximum Gasteiger partial charge on any atom is 0.323 e. The largest absolute Gasteiger partial charge is 0.480 e. The Morgan fingerprint density at radius 2 is 1.96 bits per heavy atom. The summed E-state index contributed by atoms with van der Waals surface area (Å²) in [5.41, 5.74) is 1.15. The molecule has 8 nitrogen and oxygen atoms in total. The summed E-state index contributed by atoms with van der Waals surface area (Å²) >= 11 is 0. The van der Waals surface area contributed by atoms with E-state index in [1.54, 1.807) is 26.1 Å². The first-order valence-corrected chi connectivity index (χ1v) is 9.77. The van der Waals surface area contributed by atoms with Crippen molar-refractivity contribution in [3.05, 3.63) is 29.6 Å². The van der Waals surface area contributed by atoms with Crippen molar-refractivity contribution >= 4 is 21.9 Å². The molecule has 1 aliphatic heterocycles. The number of pyridine rings is 1. The van der Waals surface area contributed by atoms with Gasteiger partial charge in [0.25, 0.3) is 5.91 Å². The van der Waals surface area contributed by atoms with Gasteiger partial charge in [-0.3, -0.25) is 14.6 Å². The topological polar surface area (TPSA) is 108 Å². The van der Waals surface area contributed by atoms with Gasteiger partial charge in [-0.25, -0.2) is 12.7 Å². The van der Waals surface area contributed by atoms with Gasteiger partial charge in [-0.15, -0.1) is 0 Å². The number of aromatic nitrogens is 1. The second kappa shape index (κ2) is 7.92. The standard InChI is InChI=1S/C16H23N3O5S/c1-3-25(23,24)18-6-4-14(5-7-18)19(11-15(20)21)16(22)13-8-12(2)9-17-10-13/h8-10,14H,3-7,11H2,1-2H3,(H,20,21). The second-order valence-corrected chi connectivity index (χ2v) is 8.37. The van der Waals surface area contributed by atoms with Gasteiger partial charge in [0.15, 0.2) is 0 Å². The maximum absolute atomic E-state index is 12.8. The number of hydrogen-bond acceptors (Lipinski definition) is 5. The number of aliphatic carboxylic acids is 1. The summed E-state index contributed by atoms with van der Waals surface area (Å²) in [6.07, 6.45) is 3.86. The second-order valence-electron chi connectivity index (χ2n) is 6.11. The zero-order valence-electron chi connectivity index (χ0n) is 14.4. The van der Waals surface area contributed by atoms with E-state index in [2.05, 4.69) is 4.98 Å². The zero-order valence-corrected chi connectivity index (χ0v) is 15.2. The van der Waals surface area contributed by atoms with Crippen LogP contribution >= 0.6 is 0 Å². The minimum Gasteiger partial charge on any atom is -0.480 e. The van der Waals surface area contributed by atoms with E-state index in [1.165, 1.54) is 15.4 Å². The molecule has 1 N–H and O–H groups in total. The molecule has 9 heteroatoms. The number of carboxylic acids is 1. The van der Waals surface area contributed by atoms with Crippen LogP contribution in [0.15, 0.2) is 18.5 Å². The van der Waals surface area contributed by atoms with Gasteiger partial charge in [-0.2, -0.15) is 0 Å². The third kappa shape index (κ3) is 4.76. The Balaban J connectivity index is 2.16. The van der Waals surface area contributed by atoms with Crippen molar-refractivity contribution in [1.29, 1.82) is 0 Å². The van der Waals surface area contributed by atoms with Crippen molar-refractivity contribution in [2.45, 2.75) is 32.7 Å². The lowest BCUT2D eigenvalue weighted by Gasteiger charge is -2.37. The van der Waals surface area contributed by atoms with Crippen LogP contribution in [-0.4, -0.2) is 71.0 Å². The molecule has 1 aromatic rings. The summed E-state index contributed by atoms with van der Waals surface area (Å²) in [7, 11) is -3.27. The number of sulfonamides is 1. The first kappa shape index (κ1) is 19.3. The number of carbonyl (C=O) groups excluding carboxylic acids is 1. The summed E-state index contributed by atoms with van der Waals surface area (Å²) in [4.78, 5) is 29.3. The average molecular weight is 369 g/mol. The van der Waals surface area contributed by atoms with Crippen molar-refractivity contribution < 1.29 is 23.1 Å². The molecular weight excluding hydrogens is 346 g/mol. The number of hydrogen-bond donors (Lipinski definition) is 1. The predicted molar refractivity (Wildman–Crippen MR) is 91.7 cm³/mol. The molecule has 0 bridgehead atoms. The van der Waals surface area contributed by atoms with Gasteiger partial charge < -0.3 is 10.0 Å². The van der Waals surface area contributed by atoms with E-state index in [1.807, 2.05) is 0 Å². The summed E-state index contributed by atoms with van der Waals surface area (Å²) in [5.74, 6) is -1.46. The van der Waals surface area contributed by atoms with Crippen LogP contribution in [0.4, 0.5) is 0 Å². The molecule has 0 radical (unpaired) electrons. The molecule has 2 heterocycles. The normalized spacial score (nSPS) is 16.6. The van der Waals surface area contributed by atoms with Crippen LogP contribution in [0.3, 0.4) is 0 Å². The minimum atomic E-state index is -3.27. The smallest absolute Gasteiger partial charge is 0.323 e. The van der Waals surface area contributed by atoms with Crippen molar-refractivity contribution in [2.75, 3.05) is 25.4 Å². The Kier molecular flexibility index (Phi) is 6.12. The van der Waals surface area contributed by atoms with Crippen LogP contribution in [0, 0.1) is 6.92 Å². The third-order valence-corrected chi connectivity index (χ3v) is 6.19. The molecule has 0 saturated carbocycles. The van der Waals surface area contributed by atoms with Gasteiger partial charge in [0.2, 0.25) is 10.0 Å². The Hall–Kier alpha value is -2.00. The van der Waals surface area contributed by atoms with E-state index in [9.17, 15) is 18.0 Å². The van der Waals surface area contributed by atoms with Crippen LogP contribution in [0.5, 0.6) is 0 Å². The van der Waals surface area contributed by atoms with Gasteiger partial charge >= 0.3 is 5.97 Å². The number of carboxylic acid groups (broad SMARTS) is 1. The van der Waals surface area contributed by atoms with Crippen LogP contribution in [0.2, 0.25) is 0 Å². The van der Waals surface area contributed by atoms with Gasteiger partial charge in [0, 0.05) is 31.5 Å². The number of aryl methyl sites for hydroxylation is 1. The minimum absolute atomic E-state index is 0.0321. The molecule has 1 fully saturated rings. The van der Waals surface area contributed by atoms with E-state index in [0.717, 1.165) is 5.56 Å². The van der Waals surface area contributed by atoms with Gasteiger partial charge in [-0.1, -0.05) is 0 Å². The summed E-state index contributed by atoms with van der Waals surface area (Å²) in [6.45, 7) is 3.55. The fraction of sp³-hybridized carbons (Fsp3) is 0.562. The molecule has 138 valence electrons. The summed E-state index contributed by atoms with van der Waals surface area (Å²) < 4.78 is 25.3. The number of carbonyl (C=O) groups is 2. The fourth-order valence-electron chi connectivity index (χ4n) is 2.96. The van der Waals surface area contributed by atoms with Crippen molar-refractivity contribution in [3.8, 4) is 0 Å². The van der Waals surface area contributed by atoms with Crippen LogP contribution < -0.4 is 0 Å². The van der Waals surface area contributed by atoms with Crippen molar-refractivity contribution in [1.82, 2.24) is 14.2 Å². The summed E-state index contributed by atoms with van der Waals surface area (Å²) in [5, 5.41) is 9.17. The first-order chi connectivity index (χ1) is 11.7. The Morgan fingerprint density at radius 1 is 1.32 bits per heavy atom. The summed E-state index contributed by atoms with van der Waals surface area (Å²) in [6, 6.07) is 1.35. The molecule has 0 atom stereocenters. The average Bonchev–Trinajstić information content (AvgIpc) is 2.59. The lowest BCUT2D eigenvalue weighted by atomic mass is 10.0.